The van der Waals surface area contributed by atoms with Crippen molar-refractivity contribution < 1.29 is 27.4 Å². The van der Waals surface area contributed by atoms with E-state index in [9.17, 15) is 18.0 Å². The molecule has 0 aliphatic rings. The quantitative estimate of drug-likeness (QED) is 0.787. The van der Waals surface area contributed by atoms with Gasteiger partial charge in [0.1, 0.15) is 5.82 Å². The SMILES string of the molecule is COc1cc(CNC(=O)CCc2ccc(F)cc2)ccc1OC(F)F. The zero-order valence-corrected chi connectivity index (χ0v) is 13.6. The summed E-state index contributed by atoms with van der Waals surface area (Å²) in [5, 5.41) is 2.73. The van der Waals surface area contributed by atoms with Crippen LogP contribution < -0.4 is 14.8 Å². The van der Waals surface area contributed by atoms with Gasteiger partial charge in [-0.15, -0.1) is 0 Å². The van der Waals surface area contributed by atoms with E-state index in [0.29, 0.717) is 12.0 Å². The fourth-order valence-electron chi connectivity index (χ4n) is 2.21. The number of aryl methyl sites for hydroxylation is 1. The lowest BCUT2D eigenvalue weighted by Crippen LogP contribution is -2.23. The van der Waals surface area contributed by atoms with Crippen molar-refractivity contribution in [2.45, 2.75) is 26.0 Å². The summed E-state index contributed by atoms with van der Waals surface area (Å²) in [6, 6.07) is 10.4. The third-order valence-electron chi connectivity index (χ3n) is 3.49. The maximum atomic E-state index is 12.8. The van der Waals surface area contributed by atoms with Crippen LogP contribution in [0.4, 0.5) is 13.2 Å². The molecular weight excluding hydrogens is 335 g/mol. The van der Waals surface area contributed by atoms with Crippen molar-refractivity contribution in [3.05, 3.63) is 59.4 Å². The summed E-state index contributed by atoms with van der Waals surface area (Å²) in [5.41, 5.74) is 1.56. The summed E-state index contributed by atoms with van der Waals surface area (Å²) < 4.78 is 46.7. The number of alkyl halides is 2. The van der Waals surface area contributed by atoms with Crippen LogP contribution in [0.2, 0.25) is 0 Å². The molecule has 0 unspecified atom stereocenters. The van der Waals surface area contributed by atoms with E-state index in [1.54, 1.807) is 18.2 Å². The molecule has 4 nitrogen and oxygen atoms in total. The lowest BCUT2D eigenvalue weighted by atomic mass is 10.1. The lowest BCUT2D eigenvalue weighted by Gasteiger charge is -2.12. The Morgan fingerprint density at radius 1 is 1.08 bits per heavy atom. The Hall–Kier alpha value is -2.70. The van der Waals surface area contributed by atoms with Gasteiger partial charge in [-0.05, 0) is 41.8 Å². The number of hydrogen-bond donors (Lipinski definition) is 1. The number of ether oxygens (including phenoxy) is 2. The first-order valence-electron chi connectivity index (χ1n) is 7.61. The van der Waals surface area contributed by atoms with Crippen LogP contribution in [0, 0.1) is 5.82 Å². The van der Waals surface area contributed by atoms with Crippen LogP contribution in [-0.2, 0) is 17.8 Å². The summed E-state index contributed by atoms with van der Waals surface area (Å²) in [6.07, 6.45) is 0.756. The van der Waals surface area contributed by atoms with Crippen LogP contribution in [0.3, 0.4) is 0 Å². The average molecular weight is 353 g/mol. The summed E-state index contributed by atoms with van der Waals surface area (Å²) in [6.45, 7) is -2.71. The number of methoxy groups -OCH3 is 1. The van der Waals surface area contributed by atoms with E-state index in [1.165, 1.54) is 31.4 Å². The smallest absolute Gasteiger partial charge is 0.387 e. The number of carbonyl (C=O) groups excluding carboxylic acids is 1. The van der Waals surface area contributed by atoms with E-state index in [1.807, 2.05) is 0 Å². The minimum atomic E-state index is -2.94. The van der Waals surface area contributed by atoms with Gasteiger partial charge in [0.2, 0.25) is 5.91 Å². The maximum absolute atomic E-state index is 12.8. The number of halogens is 3. The largest absolute Gasteiger partial charge is 0.493 e. The zero-order chi connectivity index (χ0) is 18.2. The zero-order valence-electron chi connectivity index (χ0n) is 13.6. The molecule has 0 saturated carbocycles. The lowest BCUT2D eigenvalue weighted by molar-refractivity contribution is -0.121. The van der Waals surface area contributed by atoms with Crippen LogP contribution in [0.1, 0.15) is 17.5 Å². The molecule has 0 bridgehead atoms. The van der Waals surface area contributed by atoms with Gasteiger partial charge in [0.05, 0.1) is 7.11 Å². The molecule has 25 heavy (non-hydrogen) atoms. The average Bonchev–Trinajstić information content (AvgIpc) is 2.60. The van der Waals surface area contributed by atoms with Crippen LogP contribution in [0.15, 0.2) is 42.5 Å². The van der Waals surface area contributed by atoms with Gasteiger partial charge in [-0.1, -0.05) is 18.2 Å². The number of amides is 1. The fourth-order valence-corrected chi connectivity index (χ4v) is 2.21. The monoisotopic (exact) mass is 353 g/mol. The summed E-state index contributed by atoms with van der Waals surface area (Å²) >= 11 is 0. The molecule has 0 heterocycles. The molecule has 1 N–H and O–H groups in total. The van der Waals surface area contributed by atoms with Crippen molar-refractivity contribution in [2.75, 3.05) is 7.11 Å². The van der Waals surface area contributed by atoms with Gasteiger partial charge in [0.15, 0.2) is 11.5 Å². The van der Waals surface area contributed by atoms with E-state index in [0.717, 1.165) is 5.56 Å². The van der Waals surface area contributed by atoms with Gasteiger partial charge >= 0.3 is 6.61 Å². The second-order valence-electron chi connectivity index (χ2n) is 5.27. The minimum Gasteiger partial charge on any atom is -0.493 e. The highest BCUT2D eigenvalue weighted by atomic mass is 19.3. The van der Waals surface area contributed by atoms with Crippen LogP contribution in [0.5, 0.6) is 11.5 Å². The summed E-state index contributed by atoms with van der Waals surface area (Å²) in [7, 11) is 1.35. The maximum Gasteiger partial charge on any atom is 0.387 e. The molecule has 0 spiro atoms. The number of nitrogens with one attached hydrogen (secondary N) is 1. The topological polar surface area (TPSA) is 47.6 Å². The first-order chi connectivity index (χ1) is 12.0. The van der Waals surface area contributed by atoms with E-state index in [2.05, 4.69) is 10.1 Å². The van der Waals surface area contributed by atoms with E-state index < -0.39 is 6.61 Å². The van der Waals surface area contributed by atoms with E-state index in [4.69, 9.17) is 4.74 Å². The fraction of sp³-hybridized carbons (Fsp3) is 0.278. The second kappa shape index (κ2) is 8.96. The molecule has 2 rings (SSSR count). The van der Waals surface area contributed by atoms with Crippen molar-refractivity contribution in [2.24, 2.45) is 0 Å². The molecule has 2 aromatic carbocycles. The molecule has 0 atom stereocenters. The Bertz CT molecular complexity index is 705. The second-order valence-corrected chi connectivity index (χ2v) is 5.27. The van der Waals surface area contributed by atoms with Crippen molar-refractivity contribution in [3.8, 4) is 11.5 Å². The number of benzene rings is 2. The van der Waals surface area contributed by atoms with Gasteiger partial charge in [-0.2, -0.15) is 8.78 Å². The summed E-state index contributed by atoms with van der Waals surface area (Å²) in [5.74, 6) is -0.389. The molecule has 0 fully saturated rings. The standard InChI is InChI=1S/C18H18F3NO3/c1-24-16-10-13(4-8-15(16)25-18(20)21)11-22-17(23)9-5-12-2-6-14(19)7-3-12/h2-4,6-8,10,18H,5,9,11H2,1H3,(H,22,23). The van der Waals surface area contributed by atoms with Crippen LogP contribution >= 0.6 is 0 Å². The Labute approximate surface area is 143 Å². The molecule has 2 aromatic rings. The third kappa shape index (κ3) is 6.02. The van der Waals surface area contributed by atoms with Gasteiger partial charge < -0.3 is 14.8 Å². The molecule has 0 aliphatic carbocycles. The van der Waals surface area contributed by atoms with Crippen LogP contribution in [-0.4, -0.2) is 19.6 Å². The highest BCUT2D eigenvalue weighted by molar-refractivity contribution is 5.76. The third-order valence-corrected chi connectivity index (χ3v) is 3.49. The van der Waals surface area contributed by atoms with E-state index >= 15 is 0 Å². The highest BCUT2D eigenvalue weighted by Crippen LogP contribution is 2.29. The van der Waals surface area contributed by atoms with Crippen molar-refractivity contribution in [1.29, 1.82) is 0 Å². The van der Waals surface area contributed by atoms with Crippen molar-refractivity contribution >= 4 is 5.91 Å². The molecule has 134 valence electrons. The molecule has 0 radical (unpaired) electrons. The van der Waals surface area contributed by atoms with Gasteiger partial charge in [-0.25, -0.2) is 4.39 Å². The number of hydrogen-bond acceptors (Lipinski definition) is 3. The van der Waals surface area contributed by atoms with E-state index in [-0.39, 0.29) is 36.2 Å². The Balaban J connectivity index is 1.85. The van der Waals surface area contributed by atoms with Crippen LogP contribution in [0.25, 0.3) is 0 Å². The van der Waals surface area contributed by atoms with Gasteiger partial charge in [0, 0.05) is 13.0 Å². The first-order valence-corrected chi connectivity index (χ1v) is 7.61. The Morgan fingerprint density at radius 3 is 2.40 bits per heavy atom. The first kappa shape index (κ1) is 18.6. The number of carbonyl (C=O) groups is 1. The Kier molecular flexibility index (Phi) is 6.68. The minimum absolute atomic E-state index is 0.0658. The molecule has 0 aromatic heterocycles. The molecule has 0 saturated heterocycles. The predicted octanol–water partition coefficient (Wildman–Crippen LogP) is 3.68. The predicted molar refractivity (Wildman–Crippen MR) is 86.2 cm³/mol. The number of rotatable bonds is 8. The normalized spacial score (nSPS) is 10.6. The van der Waals surface area contributed by atoms with Gasteiger partial charge in [-0.3, -0.25) is 4.79 Å². The van der Waals surface area contributed by atoms with Crippen molar-refractivity contribution in [1.82, 2.24) is 5.32 Å². The van der Waals surface area contributed by atoms with Gasteiger partial charge in [0.25, 0.3) is 0 Å². The molecule has 0 aliphatic heterocycles. The molecule has 1 amide bonds. The van der Waals surface area contributed by atoms with Crippen molar-refractivity contribution in [3.63, 3.8) is 0 Å². The molecular formula is C18H18F3NO3. The Morgan fingerprint density at radius 2 is 1.76 bits per heavy atom. The molecule has 7 heteroatoms. The summed E-state index contributed by atoms with van der Waals surface area (Å²) in [4.78, 5) is 11.9. The highest BCUT2D eigenvalue weighted by Gasteiger charge is 2.11.